The number of benzene rings is 2. The van der Waals surface area contributed by atoms with E-state index in [2.05, 4.69) is 5.32 Å². The summed E-state index contributed by atoms with van der Waals surface area (Å²) in [5.74, 6) is 0.403. The fourth-order valence-electron chi connectivity index (χ4n) is 2.52. The first-order valence-corrected chi connectivity index (χ1v) is 10.6. The van der Waals surface area contributed by atoms with Gasteiger partial charge in [0, 0.05) is 12.7 Å². The van der Waals surface area contributed by atoms with E-state index in [0.29, 0.717) is 23.5 Å². The van der Waals surface area contributed by atoms with E-state index in [4.69, 9.17) is 4.74 Å². The summed E-state index contributed by atoms with van der Waals surface area (Å²) in [4.78, 5) is 12.7. The van der Waals surface area contributed by atoms with Gasteiger partial charge in [0.1, 0.15) is 5.75 Å². The summed E-state index contributed by atoms with van der Waals surface area (Å²) >= 11 is 0. The number of anilines is 2. The van der Waals surface area contributed by atoms with Crippen LogP contribution in [0.1, 0.15) is 24.5 Å². The summed E-state index contributed by atoms with van der Waals surface area (Å²) < 4.78 is 30.5. The van der Waals surface area contributed by atoms with E-state index >= 15 is 0 Å². The third kappa shape index (κ3) is 5.23. The number of hydrogen-bond acceptors (Lipinski definition) is 4. The van der Waals surface area contributed by atoms with E-state index in [1.165, 1.54) is 7.05 Å². The minimum atomic E-state index is -3.38. The molecule has 1 atom stereocenters. The van der Waals surface area contributed by atoms with Crippen molar-refractivity contribution in [2.75, 3.05) is 22.9 Å². The molecule has 7 heteroatoms. The highest BCUT2D eigenvalue weighted by Crippen LogP contribution is 2.24. The third-order valence-electron chi connectivity index (χ3n) is 4.46. The molecule has 0 aliphatic rings. The monoisotopic (exact) mass is 390 g/mol. The SMILES string of the molecule is CC[C@@H](Oc1cccc(C)c1C)C(=O)Nc1cccc(N(C)S(C)(=O)=O)c1. The molecule has 0 aliphatic carbocycles. The molecule has 146 valence electrons. The number of rotatable bonds is 7. The molecule has 2 aromatic carbocycles. The molecule has 2 aromatic rings. The number of carbonyl (C=O) groups is 1. The van der Waals surface area contributed by atoms with Crippen molar-refractivity contribution >= 4 is 27.3 Å². The lowest BCUT2D eigenvalue weighted by Crippen LogP contribution is -2.32. The van der Waals surface area contributed by atoms with Crippen molar-refractivity contribution in [1.82, 2.24) is 0 Å². The van der Waals surface area contributed by atoms with Gasteiger partial charge in [0.15, 0.2) is 6.10 Å². The molecule has 0 unspecified atom stereocenters. The quantitative estimate of drug-likeness (QED) is 0.785. The van der Waals surface area contributed by atoms with Crippen LogP contribution in [0.3, 0.4) is 0 Å². The Morgan fingerprint density at radius 3 is 2.48 bits per heavy atom. The van der Waals surface area contributed by atoms with Crippen LogP contribution in [0.4, 0.5) is 11.4 Å². The van der Waals surface area contributed by atoms with Crippen LogP contribution in [0.15, 0.2) is 42.5 Å². The van der Waals surface area contributed by atoms with E-state index in [0.717, 1.165) is 21.7 Å². The number of aryl methyl sites for hydroxylation is 1. The summed E-state index contributed by atoms with van der Waals surface area (Å²) in [5, 5.41) is 2.81. The van der Waals surface area contributed by atoms with Crippen molar-refractivity contribution in [3.8, 4) is 5.75 Å². The topological polar surface area (TPSA) is 75.7 Å². The zero-order valence-corrected chi connectivity index (χ0v) is 17.1. The highest BCUT2D eigenvalue weighted by molar-refractivity contribution is 7.92. The van der Waals surface area contributed by atoms with E-state index in [9.17, 15) is 13.2 Å². The second-order valence-electron chi connectivity index (χ2n) is 6.48. The maximum atomic E-state index is 12.7. The Hall–Kier alpha value is -2.54. The minimum Gasteiger partial charge on any atom is -0.480 e. The van der Waals surface area contributed by atoms with Crippen LogP contribution in [-0.2, 0) is 14.8 Å². The summed E-state index contributed by atoms with van der Waals surface area (Å²) in [6.07, 6.45) is 0.979. The van der Waals surface area contributed by atoms with Crippen molar-refractivity contribution in [2.24, 2.45) is 0 Å². The smallest absolute Gasteiger partial charge is 0.265 e. The molecule has 0 saturated heterocycles. The number of carbonyl (C=O) groups excluding carboxylic acids is 1. The Morgan fingerprint density at radius 1 is 1.19 bits per heavy atom. The Morgan fingerprint density at radius 2 is 1.85 bits per heavy atom. The van der Waals surface area contributed by atoms with Crippen molar-refractivity contribution in [3.63, 3.8) is 0 Å². The van der Waals surface area contributed by atoms with Gasteiger partial charge in [-0.15, -0.1) is 0 Å². The first-order valence-electron chi connectivity index (χ1n) is 8.71. The average Bonchev–Trinajstić information content (AvgIpc) is 2.61. The molecule has 0 heterocycles. The molecule has 1 N–H and O–H groups in total. The first-order chi connectivity index (χ1) is 12.6. The first kappa shape index (κ1) is 20.8. The molecule has 27 heavy (non-hydrogen) atoms. The maximum absolute atomic E-state index is 12.7. The zero-order valence-electron chi connectivity index (χ0n) is 16.3. The van der Waals surface area contributed by atoms with Gasteiger partial charge < -0.3 is 10.1 Å². The van der Waals surface area contributed by atoms with Crippen LogP contribution in [0, 0.1) is 13.8 Å². The molecule has 0 fully saturated rings. The highest BCUT2D eigenvalue weighted by atomic mass is 32.2. The van der Waals surface area contributed by atoms with Crippen LogP contribution >= 0.6 is 0 Å². The molecular weight excluding hydrogens is 364 g/mol. The van der Waals surface area contributed by atoms with Gasteiger partial charge in [-0.05, 0) is 55.7 Å². The second-order valence-corrected chi connectivity index (χ2v) is 8.50. The molecule has 0 radical (unpaired) electrons. The largest absolute Gasteiger partial charge is 0.480 e. The molecule has 1 amide bonds. The Labute approximate surface area is 161 Å². The number of ether oxygens (including phenoxy) is 1. The molecule has 0 aromatic heterocycles. The van der Waals surface area contributed by atoms with E-state index < -0.39 is 16.1 Å². The van der Waals surface area contributed by atoms with E-state index in [1.54, 1.807) is 24.3 Å². The molecule has 0 saturated carbocycles. The zero-order chi connectivity index (χ0) is 20.2. The normalized spacial score (nSPS) is 12.3. The average molecular weight is 391 g/mol. The van der Waals surface area contributed by atoms with E-state index in [-0.39, 0.29) is 5.91 Å². The fraction of sp³-hybridized carbons (Fsp3) is 0.350. The van der Waals surface area contributed by atoms with Gasteiger partial charge >= 0.3 is 0 Å². The third-order valence-corrected chi connectivity index (χ3v) is 5.67. The number of hydrogen-bond donors (Lipinski definition) is 1. The van der Waals surface area contributed by atoms with Crippen molar-refractivity contribution in [1.29, 1.82) is 0 Å². The number of nitrogens with one attached hydrogen (secondary N) is 1. The minimum absolute atomic E-state index is 0.280. The van der Waals surface area contributed by atoms with Crippen LogP contribution in [0.25, 0.3) is 0 Å². The molecule has 0 bridgehead atoms. The Kier molecular flexibility index (Phi) is 6.49. The predicted molar refractivity (Wildman–Crippen MR) is 109 cm³/mol. The lowest BCUT2D eigenvalue weighted by atomic mass is 10.1. The van der Waals surface area contributed by atoms with Gasteiger partial charge in [-0.25, -0.2) is 8.42 Å². The summed E-state index contributed by atoms with van der Waals surface area (Å²) in [6, 6.07) is 12.4. The molecular formula is C20H26N2O4S. The summed E-state index contributed by atoms with van der Waals surface area (Å²) in [5.41, 5.74) is 3.08. The number of amides is 1. The Bertz CT molecular complexity index is 925. The standard InChI is InChI=1S/C20H26N2O4S/c1-6-18(26-19-12-7-9-14(2)15(19)3)20(23)21-16-10-8-11-17(13-16)22(4)27(5,24)25/h7-13,18H,6H2,1-5H3,(H,21,23)/t18-/m1/s1. The molecule has 6 nitrogen and oxygen atoms in total. The van der Waals surface area contributed by atoms with Gasteiger partial charge in [-0.1, -0.05) is 25.1 Å². The summed E-state index contributed by atoms with van der Waals surface area (Å²) in [6.45, 7) is 5.83. The molecule has 0 aliphatic heterocycles. The lowest BCUT2D eigenvalue weighted by molar-refractivity contribution is -0.122. The second kappa shape index (κ2) is 8.43. The molecule has 2 rings (SSSR count). The van der Waals surface area contributed by atoms with Crippen molar-refractivity contribution in [2.45, 2.75) is 33.3 Å². The maximum Gasteiger partial charge on any atom is 0.265 e. The fourth-order valence-corrected chi connectivity index (χ4v) is 3.02. The van der Waals surface area contributed by atoms with Crippen LogP contribution < -0.4 is 14.4 Å². The van der Waals surface area contributed by atoms with Gasteiger partial charge in [-0.2, -0.15) is 0 Å². The van der Waals surface area contributed by atoms with Crippen LogP contribution in [0.2, 0.25) is 0 Å². The number of nitrogens with zero attached hydrogens (tertiary/aromatic N) is 1. The highest BCUT2D eigenvalue weighted by Gasteiger charge is 2.20. The summed E-state index contributed by atoms with van der Waals surface area (Å²) in [7, 11) is -1.91. The van der Waals surface area contributed by atoms with Crippen LogP contribution in [0.5, 0.6) is 5.75 Å². The van der Waals surface area contributed by atoms with Crippen molar-refractivity contribution < 1.29 is 17.9 Å². The van der Waals surface area contributed by atoms with Gasteiger partial charge in [0.25, 0.3) is 5.91 Å². The van der Waals surface area contributed by atoms with Crippen molar-refractivity contribution in [3.05, 3.63) is 53.6 Å². The van der Waals surface area contributed by atoms with Crippen LogP contribution in [-0.4, -0.2) is 33.7 Å². The number of sulfonamides is 1. The Balaban J connectivity index is 2.16. The van der Waals surface area contributed by atoms with E-state index in [1.807, 2.05) is 39.0 Å². The van der Waals surface area contributed by atoms with Gasteiger partial charge in [0.2, 0.25) is 10.0 Å². The molecule has 0 spiro atoms. The van der Waals surface area contributed by atoms with Gasteiger partial charge in [-0.3, -0.25) is 9.10 Å². The predicted octanol–water partition coefficient (Wildman–Crippen LogP) is 3.50. The lowest BCUT2D eigenvalue weighted by Gasteiger charge is -2.20. The van der Waals surface area contributed by atoms with Gasteiger partial charge in [0.05, 0.1) is 11.9 Å².